The predicted molar refractivity (Wildman–Crippen MR) is 92.4 cm³/mol. The normalized spacial score (nSPS) is 10.5. The number of nitrogens with zero attached hydrogens (tertiary/aromatic N) is 1. The lowest BCUT2D eigenvalue weighted by atomic mass is 10.2. The third-order valence-corrected chi connectivity index (χ3v) is 3.52. The molecule has 0 radical (unpaired) electrons. The molecule has 2 aromatic rings. The molecule has 0 fully saturated rings. The summed E-state index contributed by atoms with van der Waals surface area (Å²) in [6, 6.07) is 15.7. The van der Waals surface area contributed by atoms with Crippen LogP contribution in [0.5, 0.6) is 5.75 Å². The number of carbonyl (C=O) groups excluding carboxylic acids is 1. The van der Waals surface area contributed by atoms with Crippen molar-refractivity contribution in [3.63, 3.8) is 0 Å². The van der Waals surface area contributed by atoms with Crippen molar-refractivity contribution in [2.24, 2.45) is 0 Å². The summed E-state index contributed by atoms with van der Waals surface area (Å²) in [5, 5.41) is 2.84. The monoisotopic (exact) mass is 330 g/mol. The minimum absolute atomic E-state index is 0.0781. The first-order valence-electron chi connectivity index (χ1n) is 8.03. The Bertz CT molecular complexity index is 647. The summed E-state index contributed by atoms with van der Waals surface area (Å²) in [5.41, 5.74) is 1.08. The average Bonchev–Trinajstić information content (AvgIpc) is 2.57. The Morgan fingerprint density at radius 1 is 1.17 bits per heavy atom. The third-order valence-electron chi connectivity index (χ3n) is 3.52. The van der Waals surface area contributed by atoms with Crippen LogP contribution in [-0.2, 0) is 6.54 Å². The molecule has 128 valence electrons. The molecule has 0 aliphatic rings. The quantitative estimate of drug-likeness (QED) is 0.784. The van der Waals surface area contributed by atoms with Gasteiger partial charge in [-0.25, -0.2) is 9.18 Å². The number of halogens is 1. The van der Waals surface area contributed by atoms with Crippen molar-refractivity contribution in [1.29, 1.82) is 0 Å². The van der Waals surface area contributed by atoms with Gasteiger partial charge in [0.2, 0.25) is 0 Å². The maximum atomic E-state index is 13.0. The highest BCUT2D eigenvalue weighted by molar-refractivity contribution is 5.74. The molecule has 2 aromatic carbocycles. The Morgan fingerprint density at radius 2 is 1.92 bits per heavy atom. The lowest BCUT2D eigenvalue weighted by Gasteiger charge is -2.27. The van der Waals surface area contributed by atoms with Gasteiger partial charge in [0.15, 0.2) is 0 Å². The van der Waals surface area contributed by atoms with Crippen LogP contribution in [-0.4, -0.2) is 30.1 Å². The lowest BCUT2D eigenvalue weighted by Crippen LogP contribution is -2.44. The molecule has 0 unspecified atom stereocenters. The SMILES string of the molecule is CC(C)N(Cc1ccccc1)C(=O)NCCOc1cccc(F)c1. The Kier molecular flexibility index (Phi) is 6.61. The van der Waals surface area contributed by atoms with Crippen molar-refractivity contribution in [1.82, 2.24) is 10.2 Å². The van der Waals surface area contributed by atoms with Crippen LogP contribution in [0.4, 0.5) is 9.18 Å². The summed E-state index contributed by atoms with van der Waals surface area (Å²) in [4.78, 5) is 14.1. The second-order valence-corrected chi connectivity index (χ2v) is 5.75. The fourth-order valence-electron chi connectivity index (χ4n) is 2.25. The van der Waals surface area contributed by atoms with E-state index in [1.165, 1.54) is 12.1 Å². The number of benzene rings is 2. The van der Waals surface area contributed by atoms with Crippen molar-refractivity contribution in [3.05, 3.63) is 66.0 Å². The Hall–Kier alpha value is -2.56. The van der Waals surface area contributed by atoms with E-state index in [1.54, 1.807) is 17.0 Å². The van der Waals surface area contributed by atoms with E-state index in [1.807, 2.05) is 44.2 Å². The van der Waals surface area contributed by atoms with E-state index in [2.05, 4.69) is 5.32 Å². The Balaban J connectivity index is 1.80. The van der Waals surface area contributed by atoms with Gasteiger partial charge in [0.1, 0.15) is 18.2 Å². The number of urea groups is 1. The zero-order chi connectivity index (χ0) is 17.4. The van der Waals surface area contributed by atoms with Gasteiger partial charge in [-0.3, -0.25) is 0 Å². The standard InChI is InChI=1S/C19H23FN2O2/c1-15(2)22(14-16-7-4-3-5-8-16)19(23)21-11-12-24-18-10-6-9-17(20)13-18/h3-10,13,15H,11-12,14H2,1-2H3,(H,21,23). The van der Waals surface area contributed by atoms with E-state index in [4.69, 9.17) is 4.74 Å². The second-order valence-electron chi connectivity index (χ2n) is 5.75. The van der Waals surface area contributed by atoms with Crippen LogP contribution >= 0.6 is 0 Å². The molecule has 0 heterocycles. The molecule has 5 heteroatoms. The molecule has 0 saturated heterocycles. The van der Waals surface area contributed by atoms with Crippen molar-refractivity contribution in [2.45, 2.75) is 26.4 Å². The van der Waals surface area contributed by atoms with Gasteiger partial charge in [0.05, 0.1) is 6.54 Å². The van der Waals surface area contributed by atoms with Gasteiger partial charge in [0.25, 0.3) is 0 Å². The summed E-state index contributed by atoms with van der Waals surface area (Å²) in [7, 11) is 0. The van der Waals surface area contributed by atoms with Gasteiger partial charge >= 0.3 is 6.03 Å². The summed E-state index contributed by atoms with van der Waals surface area (Å²) in [5.74, 6) is 0.111. The van der Waals surface area contributed by atoms with E-state index < -0.39 is 0 Å². The van der Waals surface area contributed by atoms with Crippen LogP contribution in [0.25, 0.3) is 0 Å². The van der Waals surface area contributed by atoms with Crippen LogP contribution in [0.3, 0.4) is 0 Å². The van der Waals surface area contributed by atoms with Gasteiger partial charge in [-0.2, -0.15) is 0 Å². The third kappa shape index (κ3) is 5.57. The number of hydrogen-bond donors (Lipinski definition) is 1. The van der Waals surface area contributed by atoms with Gasteiger partial charge < -0.3 is 15.0 Å². The molecule has 0 saturated carbocycles. The number of amides is 2. The average molecular weight is 330 g/mol. The predicted octanol–water partition coefficient (Wildman–Crippen LogP) is 3.82. The largest absolute Gasteiger partial charge is 0.492 e. The molecule has 0 bridgehead atoms. The number of carbonyl (C=O) groups is 1. The fraction of sp³-hybridized carbons (Fsp3) is 0.316. The molecule has 0 aliphatic carbocycles. The van der Waals surface area contributed by atoms with Crippen LogP contribution in [0, 0.1) is 5.82 Å². The number of ether oxygens (including phenoxy) is 1. The summed E-state index contributed by atoms with van der Waals surface area (Å²) in [6.07, 6.45) is 0. The lowest BCUT2D eigenvalue weighted by molar-refractivity contribution is 0.177. The molecular weight excluding hydrogens is 307 g/mol. The van der Waals surface area contributed by atoms with E-state index >= 15 is 0 Å². The van der Waals surface area contributed by atoms with Crippen LogP contribution in [0.1, 0.15) is 19.4 Å². The minimum Gasteiger partial charge on any atom is -0.492 e. The van der Waals surface area contributed by atoms with E-state index in [0.717, 1.165) is 5.56 Å². The van der Waals surface area contributed by atoms with Gasteiger partial charge in [-0.1, -0.05) is 36.4 Å². The molecule has 0 spiro atoms. The molecule has 24 heavy (non-hydrogen) atoms. The minimum atomic E-state index is -0.342. The maximum absolute atomic E-state index is 13.0. The highest BCUT2D eigenvalue weighted by atomic mass is 19.1. The summed E-state index contributed by atoms with van der Waals surface area (Å²) in [6.45, 7) is 5.15. The van der Waals surface area contributed by atoms with Gasteiger partial charge in [-0.05, 0) is 31.5 Å². The highest BCUT2D eigenvalue weighted by Gasteiger charge is 2.16. The van der Waals surface area contributed by atoms with Crippen molar-refractivity contribution in [2.75, 3.05) is 13.2 Å². The smallest absolute Gasteiger partial charge is 0.318 e. The molecular formula is C19H23FN2O2. The molecule has 2 amide bonds. The molecule has 2 rings (SSSR count). The second kappa shape index (κ2) is 8.91. The van der Waals surface area contributed by atoms with E-state index in [-0.39, 0.29) is 24.5 Å². The van der Waals surface area contributed by atoms with Crippen LogP contribution in [0.15, 0.2) is 54.6 Å². The molecule has 0 atom stereocenters. The first kappa shape index (κ1) is 17.8. The Morgan fingerprint density at radius 3 is 2.58 bits per heavy atom. The molecule has 0 aliphatic heterocycles. The maximum Gasteiger partial charge on any atom is 0.318 e. The van der Waals surface area contributed by atoms with Gasteiger partial charge in [0, 0.05) is 18.7 Å². The topological polar surface area (TPSA) is 41.6 Å². The number of nitrogens with one attached hydrogen (secondary N) is 1. The summed E-state index contributed by atoms with van der Waals surface area (Å²) >= 11 is 0. The number of rotatable bonds is 7. The fourth-order valence-corrected chi connectivity index (χ4v) is 2.25. The number of hydrogen-bond acceptors (Lipinski definition) is 2. The summed E-state index contributed by atoms with van der Waals surface area (Å²) < 4.78 is 18.5. The van der Waals surface area contributed by atoms with Gasteiger partial charge in [-0.15, -0.1) is 0 Å². The zero-order valence-electron chi connectivity index (χ0n) is 14.0. The molecule has 0 aromatic heterocycles. The van der Waals surface area contributed by atoms with Crippen LogP contribution in [0.2, 0.25) is 0 Å². The van der Waals surface area contributed by atoms with Crippen molar-refractivity contribution >= 4 is 6.03 Å². The molecule has 1 N–H and O–H groups in total. The first-order valence-corrected chi connectivity index (χ1v) is 8.03. The van der Waals surface area contributed by atoms with E-state index in [9.17, 15) is 9.18 Å². The first-order chi connectivity index (χ1) is 11.6. The van der Waals surface area contributed by atoms with E-state index in [0.29, 0.717) is 18.8 Å². The van der Waals surface area contributed by atoms with Crippen LogP contribution < -0.4 is 10.1 Å². The molecule has 4 nitrogen and oxygen atoms in total. The zero-order valence-corrected chi connectivity index (χ0v) is 14.0. The highest BCUT2D eigenvalue weighted by Crippen LogP contribution is 2.11. The van der Waals surface area contributed by atoms with Crippen molar-refractivity contribution in [3.8, 4) is 5.75 Å². The Labute approximate surface area is 142 Å². The van der Waals surface area contributed by atoms with Crippen molar-refractivity contribution < 1.29 is 13.9 Å².